The molecule has 0 saturated heterocycles. The van der Waals surface area contributed by atoms with Crippen LogP contribution in [0, 0.1) is 17.5 Å². The van der Waals surface area contributed by atoms with Crippen LogP contribution in [0.5, 0.6) is 0 Å². The van der Waals surface area contributed by atoms with Crippen molar-refractivity contribution >= 4 is 0 Å². The maximum absolute atomic E-state index is 13.6. The molecule has 17 heavy (non-hydrogen) atoms. The molecule has 0 radical (unpaired) electrons. The molecule has 0 heterocycles. The number of rotatable bonds is 1. The first-order valence-corrected chi connectivity index (χ1v) is 5.64. The van der Waals surface area contributed by atoms with Gasteiger partial charge in [0.1, 0.15) is 5.82 Å². The number of halogens is 3. The topological polar surface area (TPSA) is 52.0 Å². The Kier molecular flexibility index (Phi) is 3.40. The van der Waals surface area contributed by atoms with Crippen LogP contribution >= 0.6 is 0 Å². The molecule has 1 aliphatic carbocycles. The van der Waals surface area contributed by atoms with Crippen molar-refractivity contribution in [1.29, 1.82) is 0 Å². The monoisotopic (exact) mass is 244 g/mol. The molecule has 2 rings (SSSR count). The molecule has 0 amide bonds. The molecular weight excluding hydrogens is 229 g/mol. The Morgan fingerprint density at radius 1 is 0.941 bits per heavy atom. The molecule has 1 aromatic carbocycles. The Bertz CT molecular complexity index is 422. The first kappa shape index (κ1) is 12.4. The van der Waals surface area contributed by atoms with Crippen LogP contribution in [0.1, 0.15) is 30.7 Å². The average molecular weight is 244 g/mol. The van der Waals surface area contributed by atoms with Gasteiger partial charge in [-0.05, 0) is 30.9 Å². The molecule has 1 aromatic rings. The van der Waals surface area contributed by atoms with Gasteiger partial charge in [0.05, 0.1) is 0 Å². The van der Waals surface area contributed by atoms with Gasteiger partial charge in [0, 0.05) is 24.1 Å². The van der Waals surface area contributed by atoms with E-state index in [0.29, 0.717) is 18.9 Å². The predicted octanol–water partition coefficient (Wildman–Crippen LogP) is 2.03. The maximum atomic E-state index is 13.6. The second kappa shape index (κ2) is 4.66. The minimum Gasteiger partial charge on any atom is -0.328 e. The van der Waals surface area contributed by atoms with Crippen molar-refractivity contribution in [3.05, 3.63) is 35.1 Å². The van der Waals surface area contributed by atoms with Crippen LogP contribution in [0.25, 0.3) is 0 Å². The molecule has 0 unspecified atom stereocenters. The smallest absolute Gasteiger partial charge is 0.161 e. The van der Waals surface area contributed by atoms with Crippen LogP contribution in [0.4, 0.5) is 13.2 Å². The second-order valence-corrected chi connectivity index (χ2v) is 4.63. The highest BCUT2D eigenvalue weighted by atomic mass is 19.2. The summed E-state index contributed by atoms with van der Waals surface area (Å²) in [5.74, 6) is -3.24. The molecule has 2 nitrogen and oxygen atoms in total. The second-order valence-electron chi connectivity index (χ2n) is 4.63. The van der Waals surface area contributed by atoms with Crippen LogP contribution in [-0.4, -0.2) is 12.1 Å². The third-order valence-corrected chi connectivity index (χ3v) is 3.38. The minimum atomic E-state index is -1.17. The zero-order valence-corrected chi connectivity index (χ0v) is 9.30. The number of hydrogen-bond donors (Lipinski definition) is 2. The molecule has 1 fully saturated rings. The van der Waals surface area contributed by atoms with Gasteiger partial charge in [-0.2, -0.15) is 0 Å². The van der Waals surface area contributed by atoms with Gasteiger partial charge >= 0.3 is 0 Å². The van der Waals surface area contributed by atoms with Crippen LogP contribution in [-0.2, 0) is 0 Å². The fourth-order valence-corrected chi connectivity index (χ4v) is 2.45. The Morgan fingerprint density at radius 2 is 1.59 bits per heavy atom. The van der Waals surface area contributed by atoms with Crippen molar-refractivity contribution in [2.75, 3.05) is 0 Å². The van der Waals surface area contributed by atoms with E-state index in [1.54, 1.807) is 0 Å². The summed E-state index contributed by atoms with van der Waals surface area (Å²) >= 11 is 0. The van der Waals surface area contributed by atoms with Gasteiger partial charge in [0.25, 0.3) is 0 Å². The van der Waals surface area contributed by atoms with E-state index in [-0.39, 0.29) is 23.6 Å². The summed E-state index contributed by atoms with van der Waals surface area (Å²) in [6.45, 7) is 0. The van der Waals surface area contributed by atoms with E-state index in [2.05, 4.69) is 0 Å². The lowest BCUT2D eigenvalue weighted by atomic mass is 9.78. The highest BCUT2D eigenvalue weighted by molar-refractivity contribution is 5.26. The Balaban J connectivity index is 2.31. The summed E-state index contributed by atoms with van der Waals surface area (Å²) in [5, 5.41) is 0. The zero-order valence-electron chi connectivity index (χ0n) is 9.30. The third kappa shape index (κ3) is 2.45. The molecule has 3 atom stereocenters. The van der Waals surface area contributed by atoms with Gasteiger partial charge in [-0.1, -0.05) is 0 Å². The van der Waals surface area contributed by atoms with E-state index in [9.17, 15) is 13.2 Å². The van der Waals surface area contributed by atoms with E-state index in [1.165, 1.54) is 0 Å². The SMILES string of the molecule is N[C@H]1CC[C@H](c2cc(F)c(F)cc2F)[C@@H](N)C1. The molecule has 4 N–H and O–H groups in total. The van der Waals surface area contributed by atoms with E-state index in [1.807, 2.05) is 0 Å². The standard InChI is InChI=1S/C12H15F3N2/c13-9-5-11(15)10(14)4-8(9)7-2-1-6(16)3-12(7)17/h4-7,12H,1-3,16-17H2/t6-,7+,12-/m0/s1. The Labute approximate surface area is 97.8 Å². The molecule has 0 bridgehead atoms. The van der Waals surface area contributed by atoms with Crippen molar-refractivity contribution < 1.29 is 13.2 Å². The van der Waals surface area contributed by atoms with Gasteiger partial charge in [0.15, 0.2) is 11.6 Å². The maximum Gasteiger partial charge on any atom is 0.161 e. The third-order valence-electron chi connectivity index (χ3n) is 3.38. The molecular formula is C12H15F3N2. The summed E-state index contributed by atoms with van der Waals surface area (Å²) in [6.07, 6.45) is 1.89. The lowest BCUT2D eigenvalue weighted by molar-refractivity contribution is 0.338. The molecule has 94 valence electrons. The van der Waals surface area contributed by atoms with Crippen molar-refractivity contribution in [3.63, 3.8) is 0 Å². The summed E-state index contributed by atoms with van der Waals surface area (Å²) in [4.78, 5) is 0. The summed E-state index contributed by atoms with van der Waals surface area (Å²) in [6, 6.07) is 1.19. The van der Waals surface area contributed by atoms with Gasteiger partial charge in [-0.25, -0.2) is 13.2 Å². The van der Waals surface area contributed by atoms with Gasteiger partial charge in [0.2, 0.25) is 0 Å². The largest absolute Gasteiger partial charge is 0.328 e. The molecule has 0 aromatic heterocycles. The van der Waals surface area contributed by atoms with Gasteiger partial charge < -0.3 is 11.5 Å². The molecule has 0 aliphatic heterocycles. The number of hydrogen-bond acceptors (Lipinski definition) is 2. The van der Waals surface area contributed by atoms with Crippen LogP contribution in [0.2, 0.25) is 0 Å². The van der Waals surface area contributed by atoms with E-state index in [4.69, 9.17) is 11.5 Å². The Morgan fingerprint density at radius 3 is 2.24 bits per heavy atom. The normalized spacial score (nSPS) is 29.4. The number of nitrogens with two attached hydrogens (primary N) is 2. The molecule has 0 spiro atoms. The number of benzene rings is 1. The van der Waals surface area contributed by atoms with Crippen molar-refractivity contribution in [1.82, 2.24) is 0 Å². The van der Waals surface area contributed by atoms with E-state index >= 15 is 0 Å². The van der Waals surface area contributed by atoms with Crippen LogP contribution in [0.3, 0.4) is 0 Å². The van der Waals surface area contributed by atoms with E-state index in [0.717, 1.165) is 12.5 Å². The molecule has 1 saturated carbocycles. The fourth-order valence-electron chi connectivity index (χ4n) is 2.45. The van der Waals surface area contributed by atoms with E-state index < -0.39 is 17.5 Å². The first-order valence-electron chi connectivity index (χ1n) is 5.64. The first-order chi connectivity index (χ1) is 7.99. The highest BCUT2D eigenvalue weighted by Crippen LogP contribution is 2.33. The minimum absolute atomic E-state index is 0.00889. The lowest BCUT2D eigenvalue weighted by Gasteiger charge is -2.32. The van der Waals surface area contributed by atoms with Crippen LogP contribution in [0.15, 0.2) is 12.1 Å². The van der Waals surface area contributed by atoms with Crippen LogP contribution < -0.4 is 11.5 Å². The summed E-state index contributed by atoms with van der Waals surface area (Å²) in [5.41, 5.74) is 11.8. The fraction of sp³-hybridized carbons (Fsp3) is 0.500. The van der Waals surface area contributed by atoms with Gasteiger partial charge in [-0.15, -0.1) is 0 Å². The van der Waals surface area contributed by atoms with Crippen molar-refractivity contribution in [2.45, 2.75) is 37.3 Å². The summed E-state index contributed by atoms with van der Waals surface area (Å²) < 4.78 is 39.5. The lowest BCUT2D eigenvalue weighted by Crippen LogP contribution is -2.41. The van der Waals surface area contributed by atoms with Crippen molar-refractivity contribution in [2.24, 2.45) is 11.5 Å². The zero-order chi connectivity index (χ0) is 12.6. The Hall–Kier alpha value is -1.07. The van der Waals surface area contributed by atoms with Crippen molar-refractivity contribution in [3.8, 4) is 0 Å². The molecule has 5 heteroatoms. The average Bonchev–Trinajstić information content (AvgIpc) is 2.24. The quantitative estimate of drug-likeness (QED) is 0.743. The van der Waals surface area contributed by atoms with Gasteiger partial charge in [-0.3, -0.25) is 0 Å². The molecule has 1 aliphatic rings. The summed E-state index contributed by atoms with van der Waals surface area (Å²) in [7, 11) is 0. The predicted molar refractivity (Wildman–Crippen MR) is 58.9 cm³/mol. The highest BCUT2D eigenvalue weighted by Gasteiger charge is 2.30.